The van der Waals surface area contributed by atoms with E-state index in [4.69, 9.17) is 4.52 Å². The zero-order valence-electron chi connectivity index (χ0n) is 22.1. The van der Waals surface area contributed by atoms with Crippen LogP contribution in [0.4, 0.5) is 0 Å². The lowest BCUT2D eigenvalue weighted by molar-refractivity contribution is -0.133. The molecule has 10 heteroatoms. The van der Waals surface area contributed by atoms with E-state index in [0.29, 0.717) is 30.5 Å². The summed E-state index contributed by atoms with van der Waals surface area (Å²) in [6.07, 6.45) is 5.14. The van der Waals surface area contributed by atoms with Crippen LogP contribution in [0.15, 0.2) is 64.0 Å². The quantitative estimate of drug-likeness (QED) is 0.433. The van der Waals surface area contributed by atoms with Gasteiger partial charge in [0.25, 0.3) is 5.91 Å². The average Bonchev–Trinajstić information content (AvgIpc) is 3.58. The van der Waals surface area contributed by atoms with Crippen molar-refractivity contribution >= 4 is 17.6 Å². The normalized spacial score (nSPS) is 24.2. The van der Waals surface area contributed by atoms with E-state index in [-0.39, 0.29) is 47.8 Å². The van der Waals surface area contributed by atoms with Gasteiger partial charge in [-0.3, -0.25) is 23.9 Å². The number of pyridine rings is 1. The van der Waals surface area contributed by atoms with Crippen molar-refractivity contribution in [2.75, 3.05) is 0 Å². The standard InChI is InChI=1S/C29H33N5O5/c1-18(2)21-16-29(21,24(35)17-34-25(33-39-28(34)38)23-14-8-9-15-30-23)32-27(37)20-12-6-7-13-22(20)31-26(36)19-10-4-3-5-11-19/h3-5,8-11,14-15,18,20-22H,6-7,12-13,16-17H2,1-2H3,(H,31,36)(H,32,37)/t20-,21+,22+,29?/m1/s1. The molecule has 2 aliphatic rings. The summed E-state index contributed by atoms with van der Waals surface area (Å²) in [6, 6.07) is 13.8. The molecule has 2 heterocycles. The van der Waals surface area contributed by atoms with Crippen LogP contribution in [-0.4, -0.2) is 43.9 Å². The fourth-order valence-corrected chi connectivity index (χ4v) is 5.77. The SMILES string of the molecule is CC(C)[C@@H]1CC1(NC(=O)[C@@H]1CCCC[C@@H]1NC(=O)c1ccccc1)C(=O)Cn1c(-c2ccccn2)noc1=O. The van der Waals surface area contributed by atoms with E-state index in [9.17, 15) is 19.2 Å². The number of benzene rings is 1. The molecule has 0 radical (unpaired) electrons. The maximum atomic E-state index is 13.8. The van der Waals surface area contributed by atoms with Gasteiger partial charge in [0.2, 0.25) is 11.7 Å². The molecule has 5 rings (SSSR count). The summed E-state index contributed by atoms with van der Waals surface area (Å²) in [6.45, 7) is 3.73. The Morgan fingerprint density at radius 2 is 1.82 bits per heavy atom. The highest BCUT2D eigenvalue weighted by atomic mass is 16.5. The Kier molecular flexibility index (Phi) is 7.45. The molecule has 0 spiro atoms. The van der Waals surface area contributed by atoms with E-state index < -0.39 is 17.2 Å². The van der Waals surface area contributed by atoms with Gasteiger partial charge in [-0.1, -0.05) is 56.1 Å². The second-order valence-electron chi connectivity index (χ2n) is 10.8. The maximum absolute atomic E-state index is 13.8. The van der Waals surface area contributed by atoms with Crippen LogP contribution in [0.5, 0.6) is 0 Å². The summed E-state index contributed by atoms with van der Waals surface area (Å²) >= 11 is 0. The highest BCUT2D eigenvalue weighted by Gasteiger charge is 2.62. The van der Waals surface area contributed by atoms with Crippen molar-refractivity contribution in [3.8, 4) is 11.5 Å². The van der Waals surface area contributed by atoms with Gasteiger partial charge in [-0.05, 0) is 55.4 Å². The number of hydrogen-bond acceptors (Lipinski definition) is 7. The van der Waals surface area contributed by atoms with Gasteiger partial charge >= 0.3 is 5.76 Å². The second-order valence-corrected chi connectivity index (χ2v) is 10.8. The van der Waals surface area contributed by atoms with Crippen LogP contribution in [0.25, 0.3) is 11.5 Å². The van der Waals surface area contributed by atoms with Crippen molar-refractivity contribution in [1.82, 2.24) is 25.3 Å². The van der Waals surface area contributed by atoms with Gasteiger partial charge in [0, 0.05) is 17.8 Å². The molecule has 0 saturated heterocycles. The van der Waals surface area contributed by atoms with E-state index in [0.717, 1.165) is 17.4 Å². The minimum absolute atomic E-state index is 0.0660. The lowest BCUT2D eigenvalue weighted by atomic mass is 9.83. The summed E-state index contributed by atoms with van der Waals surface area (Å²) < 4.78 is 6.02. The Hall–Kier alpha value is -4.08. The zero-order chi connectivity index (χ0) is 27.6. The van der Waals surface area contributed by atoms with Gasteiger partial charge in [-0.25, -0.2) is 9.36 Å². The van der Waals surface area contributed by atoms with Crippen molar-refractivity contribution < 1.29 is 18.9 Å². The molecule has 2 saturated carbocycles. The highest BCUT2D eigenvalue weighted by molar-refractivity contribution is 5.98. The minimum atomic E-state index is -1.09. The molecule has 0 bridgehead atoms. The fourth-order valence-electron chi connectivity index (χ4n) is 5.77. The Labute approximate surface area is 226 Å². The number of hydrogen-bond donors (Lipinski definition) is 2. The molecule has 3 aromatic rings. The molecule has 2 aliphatic carbocycles. The molecule has 2 aromatic heterocycles. The molecule has 2 N–H and O–H groups in total. The van der Waals surface area contributed by atoms with Crippen LogP contribution < -0.4 is 16.4 Å². The number of ketones is 1. The Balaban J connectivity index is 1.34. The predicted octanol–water partition coefficient (Wildman–Crippen LogP) is 2.99. The third-order valence-corrected chi connectivity index (χ3v) is 8.00. The molecule has 2 fully saturated rings. The van der Waals surface area contributed by atoms with Crippen LogP contribution in [0.1, 0.15) is 56.3 Å². The van der Waals surface area contributed by atoms with Crippen molar-refractivity contribution in [2.24, 2.45) is 17.8 Å². The molecule has 39 heavy (non-hydrogen) atoms. The number of Topliss-reactive ketones (excluding diaryl/α,β-unsaturated/α-hetero) is 1. The highest BCUT2D eigenvalue weighted by Crippen LogP contribution is 2.49. The van der Waals surface area contributed by atoms with Gasteiger partial charge in [0.15, 0.2) is 5.78 Å². The van der Waals surface area contributed by atoms with Crippen LogP contribution in [0, 0.1) is 17.8 Å². The first-order valence-corrected chi connectivity index (χ1v) is 13.5. The molecule has 204 valence electrons. The number of carbonyl (C=O) groups excluding carboxylic acids is 3. The van der Waals surface area contributed by atoms with Crippen molar-refractivity contribution in [3.63, 3.8) is 0 Å². The first-order valence-electron chi connectivity index (χ1n) is 13.5. The summed E-state index contributed by atoms with van der Waals surface area (Å²) in [4.78, 5) is 57.0. The van der Waals surface area contributed by atoms with Crippen molar-refractivity contribution in [1.29, 1.82) is 0 Å². The monoisotopic (exact) mass is 531 g/mol. The molecule has 2 amide bonds. The summed E-state index contributed by atoms with van der Waals surface area (Å²) in [5.74, 6) is -1.72. The lowest BCUT2D eigenvalue weighted by Crippen LogP contribution is -2.54. The fraction of sp³-hybridized carbons (Fsp3) is 0.448. The molecule has 1 unspecified atom stereocenters. The summed E-state index contributed by atoms with van der Waals surface area (Å²) in [7, 11) is 0. The molecular formula is C29H33N5O5. The lowest BCUT2D eigenvalue weighted by Gasteiger charge is -2.33. The number of nitrogens with one attached hydrogen (secondary N) is 2. The summed E-state index contributed by atoms with van der Waals surface area (Å²) in [5.41, 5.74) is -0.141. The Morgan fingerprint density at radius 1 is 1.08 bits per heavy atom. The first kappa shape index (κ1) is 26.5. The number of aromatic nitrogens is 3. The van der Waals surface area contributed by atoms with E-state index >= 15 is 0 Å². The van der Waals surface area contributed by atoms with Gasteiger partial charge in [-0.15, -0.1) is 0 Å². The van der Waals surface area contributed by atoms with Crippen molar-refractivity contribution in [3.05, 3.63) is 70.8 Å². The zero-order valence-corrected chi connectivity index (χ0v) is 22.1. The van der Waals surface area contributed by atoms with Gasteiger partial charge in [0.1, 0.15) is 11.2 Å². The van der Waals surface area contributed by atoms with E-state index in [2.05, 4.69) is 20.8 Å². The van der Waals surface area contributed by atoms with Crippen LogP contribution in [-0.2, 0) is 16.1 Å². The summed E-state index contributed by atoms with van der Waals surface area (Å²) in [5, 5.41) is 9.95. The van der Waals surface area contributed by atoms with Crippen LogP contribution in [0.3, 0.4) is 0 Å². The van der Waals surface area contributed by atoms with Gasteiger partial charge in [-0.2, -0.15) is 0 Å². The molecule has 0 aliphatic heterocycles. The van der Waals surface area contributed by atoms with Crippen LogP contribution in [0.2, 0.25) is 0 Å². The van der Waals surface area contributed by atoms with E-state index in [1.165, 1.54) is 0 Å². The number of rotatable bonds is 9. The Morgan fingerprint density at radius 3 is 2.51 bits per heavy atom. The molecule has 10 nitrogen and oxygen atoms in total. The largest absolute Gasteiger partial charge is 0.442 e. The minimum Gasteiger partial charge on any atom is -0.349 e. The molecular weight excluding hydrogens is 498 g/mol. The van der Waals surface area contributed by atoms with E-state index in [1.54, 1.807) is 48.7 Å². The average molecular weight is 532 g/mol. The van der Waals surface area contributed by atoms with Crippen molar-refractivity contribution in [2.45, 2.75) is 64.1 Å². The topological polar surface area (TPSA) is 136 Å². The number of amides is 2. The number of nitrogens with zero attached hydrogens (tertiary/aromatic N) is 3. The number of carbonyl (C=O) groups is 3. The predicted molar refractivity (Wildman–Crippen MR) is 142 cm³/mol. The van der Waals surface area contributed by atoms with Crippen LogP contribution >= 0.6 is 0 Å². The smallest absolute Gasteiger partial charge is 0.349 e. The second kappa shape index (κ2) is 11.0. The Bertz CT molecular complexity index is 1400. The molecule has 1 aromatic carbocycles. The third-order valence-electron chi connectivity index (χ3n) is 8.00. The first-order chi connectivity index (χ1) is 18.8. The van der Waals surface area contributed by atoms with E-state index in [1.807, 2.05) is 19.9 Å². The molecule has 4 atom stereocenters. The van der Waals surface area contributed by atoms with Gasteiger partial charge in [0.05, 0.1) is 12.5 Å². The third kappa shape index (κ3) is 5.41. The van der Waals surface area contributed by atoms with Gasteiger partial charge < -0.3 is 10.6 Å². The maximum Gasteiger partial charge on any atom is 0.442 e.